The van der Waals surface area contributed by atoms with Crippen LogP contribution in [-0.2, 0) is 4.79 Å². The Morgan fingerprint density at radius 2 is 1.67 bits per heavy atom. The fraction of sp³-hybridized carbons (Fsp3) is 0.0769. The largest absolute Gasteiger partial charge is 0.471 e. The van der Waals surface area contributed by atoms with Crippen LogP contribution in [0.25, 0.3) is 0 Å². The third kappa shape index (κ3) is 4.06. The number of benzene rings is 1. The molecular formula is C13H9F3N2O2S. The molecule has 1 aromatic carbocycles. The highest BCUT2D eigenvalue weighted by atomic mass is 32.1. The van der Waals surface area contributed by atoms with Crippen molar-refractivity contribution in [2.45, 2.75) is 6.18 Å². The SMILES string of the molecule is O=C(Nc1cccc(NC(=O)C(F)(F)F)c1)c1cccs1. The summed E-state index contributed by atoms with van der Waals surface area (Å²) in [6, 6.07) is 8.80. The van der Waals surface area contributed by atoms with Crippen LogP contribution >= 0.6 is 11.3 Å². The summed E-state index contributed by atoms with van der Waals surface area (Å²) in [6.07, 6.45) is -4.96. The summed E-state index contributed by atoms with van der Waals surface area (Å²) < 4.78 is 36.5. The van der Waals surface area contributed by atoms with Crippen LogP contribution in [0.4, 0.5) is 24.5 Å². The predicted octanol–water partition coefficient (Wildman–Crippen LogP) is 3.50. The summed E-state index contributed by atoms with van der Waals surface area (Å²) in [7, 11) is 0. The van der Waals surface area contributed by atoms with Gasteiger partial charge >= 0.3 is 12.1 Å². The first-order valence-corrected chi connectivity index (χ1v) is 6.57. The normalized spacial score (nSPS) is 11.0. The minimum atomic E-state index is -4.96. The number of amides is 2. The van der Waals surface area contributed by atoms with Crippen LogP contribution in [0.5, 0.6) is 0 Å². The third-order valence-corrected chi connectivity index (χ3v) is 3.25. The molecule has 0 spiro atoms. The van der Waals surface area contributed by atoms with E-state index in [1.165, 1.54) is 35.6 Å². The van der Waals surface area contributed by atoms with E-state index in [0.717, 1.165) is 0 Å². The van der Waals surface area contributed by atoms with Crippen LogP contribution in [0.15, 0.2) is 41.8 Å². The van der Waals surface area contributed by atoms with Gasteiger partial charge in [0.25, 0.3) is 5.91 Å². The zero-order valence-electron chi connectivity index (χ0n) is 10.4. The van der Waals surface area contributed by atoms with Gasteiger partial charge in [-0.05, 0) is 29.6 Å². The second-order valence-corrected chi connectivity index (χ2v) is 4.91. The van der Waals surface area contributed by atoms with Gasteiger partial charge in [-0.3, -0.25) is 9.59 Å². The van der Waals surface area contributed by atoms with Gasteiger partial charge in [0, 0.05) is 11.4 Å². The second-order valence-electron chi connectivity index (χ2n) is 3.96. The molecule has 2 aromatic rings. The van der Waals surface area contributed by atoms with Crippen molar-refractivity contribution in [2.24, 2.45) is 0 Å². The number of thiophene rings is 1. The third-order valence-electron chi connectivity index (χ3n) is 2.38. The van der Waals surface area contributed by atoms with E-state index in [4.69, 9.17) is 0 Å². The van der Waals surface area contributed by atoms with Crippen molar-refractivity contribution in [3.05, 3.63) is 46.7 Å². The van der Waals surface area contributed by atoms with E-state index in [9.17, 15) is 22.8 Å². The van der Waals surface area contributed by atoms with Crippen LogP contribution < -0.4 is 10.6 Å². The van der Waals surface area contributed by atoms with Gasteiger partial charge in [-0.15, -0.1) is 11.3 Å². The Hall–Kier alpha value is -2.35. The summed E-state index contributed by atoms with van der Waals surface area (Å²) in [5.41, 5.74) is 0.231. The minimum Gasteiger partial charge on any atom is -0.321 e. The van der Waals surface area contributed by atoms with Gasteiger partial charge in [0.05, 0.1) is 4.88 Å². The number of carbonyl (C=O) groups excluding carboxylic acids is 2. The quantitative estimate of drug-likeness (QED) is 0.911. The second kappa shape index (κ2) is 5.96. The van der Waals surface area contributed by atoms with E-state index in [0.29, 0.717) is 4.88 Å². The monoisotopic (exact) mass is 314 g/mol. The molecular weight excluding hydrogens is 305 g/mol. The van der Waals surface area contributed by atoms with E-state index in [1.54, 1.807) is 22.8 Å². The number of hydrogen-bond acceptors (Lipinski definition) is 3. The van der Waals surface area contributed by atoms with Crippen molar-refractivity contribution in [3.8, 4) is 0 Å². The first-order chi connectivity index (χ1) is 9.86. The summed E-state index contributed by atoms with van der Waals surface area (Å²) >= 11 is 1.24. The van der Waals surface area contributed by atoms with Crippen molar-refractivity contribution in [3.63, 3.8) is 0 Å². The molecule has 0 fully saturated rings. The van der Waals surface area contributed by atoms with E-state index in [1.807, 2.05) is 0 Å². The molecule has 0 aliphatic rings. The Balaban J connectivity index is 2.08. The highest BCUT2D eigenvalue weighted by molar-refractivity contribution is 7.12. The topological polar surface area (TPSA) is 58.2 Å². The van der Waals surface area contributed by atoms with E-state index in [-0.39, 0.29) is 17.3 Å². The van der Waals surface area contributed by atoms with Gasteiger partial charge in [-0.25, -0.2) is 0 Å². The van der Waals surface area contributed by atoms with Crippen molar-refractivity contribution in [1.82, 2.24) is 0 Å². The average molecular weight is 314 g/mol. The zero-order valence-corrected chi connectivity index (χ0v) is 11.2. The smallest absolute Gasteiger partial charge is 0.321 e. The van der Waals surface area contributed by atoms with Gasteiger partial charge in [0.15, 0.2) is 0 Å². The molecule has 0 saturated carbocycles. The summed E-state index contributed by atoms with van der Waals surface area (Å²) in [6.45, 7) is 0. The van der Waals surface area contributed by atoms with E-state index >= 15 is 0 Å². The van der Waals surface area contributed by atoms with Crippen molar-refractivity contribution < 1.29 is 22.8 Å². The molecule has 2 amide bonds. The lowest BCUT2D eigenvalue weighted by Crippen LogP contribution is -2.29. The van der Waals surface area contributed by atoms with Crippen LogP contribution in [-0.4, -0.2) is 18.0 Å². The maximum Gasteiger partial charge on any atom is 0.471 e. The number of nitrogens with one attached hydrogen (secondary N) is 2. The van der Waals surface area contributed by atoms with E-state index < -0.39 is 12.1 Å². The highest BCUT2D eigenvalue weighted by Crippen LogP contribution is 2.21. The van der Waals surface area contributed by atoms with Crippen LogP contribution in [0.2, 0.25) is 0 Å². The van der Waals surface area contributed by atoms with Gasteiger partial charge in [0.1, 0.15) is 0 Å². The van der Waals surface area contributed by atoms with Crippen molar-refractivity contribution >= 4 is 34.5 Å². The molecule has 110 valence electrons. The first kappa shape index (κ1) is 15.0. The fourth-order valence-corrected chi connectivity index (χ4v) is 2.10. The Morgan fingerprint density at radius 1 is 1.00 bits per heavy atom. The molecule has 0 unspecified atom stereocenters. The predicted molar refractivity (Wildman–Crippen MR) is 73.4 cm³/mol. The maximum atomic E-state index is 12.2. The van der Waals surface area contributed by atoms with Crippen LogP contribution in [0.1, 0.15) is 9.67 Å². The molecule has 0 radical (unpaired) electrons. The van der Waals surface area contributed by atoms with Gasteiger partial charge in [-0.1, -0.05) is 12.1 Å². The van der Waals surface area contributed by atoms with Gasteiger partial charge < -0.3 is 10.6 Å². The summed E-state index contributed by atoms with van der Waals surface area (Å²) in [5.74, 6) is -2.44. The Bertz CT molecular complexity index is 654. The molecule has 0 saturated heterocycles. The minimum absolute atomic E-state index is 0.0543. The zero-order chi connectivity index (χ0) is 15.5. The average Bonchev–Trinajstić information content (AvgIpc) is 2.91. The molecule has 8 heteroatoms. The number of halogens is 3. The lowest BCUT2D eigenvalue weighted by molar-refractivity contribution is -0.167. The number of rotatable bonds is 3. The molecule has 1 aromatic heterocycles. The molecule has 0 aliphatic heterocycles. The van der Waals surface area contributed by atoms with Gasteiger partial charge in [0.2, 0.25) is 0 Å². The molecule has 0 bridgehead atoms. The lowest BCUT2D eigenvalue weighted by atomic mass is 10.2. The number of anilines is 2. The standard InChI is InChI=1S/C13H9F3N2O2S/c14-13(15,16)12(20)18-9-4-1-3-8(7-9)17-11(19)10-5-2-6-21-10/h1-7H,(H,17,19)(H,18,20). The molecule has 2 N–H and O–H groups in total. The van der Waals surface area contributed by atoms with Crippen LogP contribution in [0, 0.1) is 0 Å². The van der Waals surface area contributed by atoms with Crippen molar-refractivity contribution in [1.29, 1.82) is 0 Å². The van der Waals surface area contributed by atoms with Crippen LogP contribution in [0.3, 0.4) is 0 Å². The molecule has 2 rings (SSSR count). The highest BCUT2D eigenvalue weighted by Gasteiger charge is 2.38. The van der Waals surface area contributed by atoms with Crippen molar-refractivity contribution in [2.75, 3.05) is 10.6 Å². The first-order valence-electron chi connectivity index (χ1n) is 5.69. The molecule has 1 heterocycles. The Morgan fingerprint density at radius 3 is 2.24 bits per heavy atom. The van der Waals surface area contributed by atoms with E-state index in [2.05, 4.69) is 5.32 Å². The Kier molecular flexibility index (Phi) is 4.27. The maximum absolute atomic E-state index is 12.2. The summed E-state index contributed by atoms with van der Waals surface area (Å²) in [5, 5.41) is 5.98. The number of alkyl halides is 3. The lowest BCUT2D eigenvalue weighted by Gasteiger charge is -2.09. The summed E-state index contributed by atoms with van der Waals surface area (Å²) in [4.78, 5) is 23.1. The fourth-order valence-electron chi connectivity index (χ4n) is 1.48. The molecule has 21 heavy (non-hydrogen) atoms. The number of carbonyl (C=O) groups is 2. The van der Waals surface area contributed by atoms with Gasteiger partial charge in [-0.2, -0.15) is 13.2 Å². The Labute approximate surface area is 121 Å². The molecule has 0 atom stereocenters. The molecule has 4 nitrogen and oxygen atoms in total. The molecule has 0 aliphatic carbocycles. The number of hydrogen-bond donors (Lipinski definition) is 2.